The Labute approximate surface area is 209 Å². The van der Waals surface area contributed by atoms with Crippen molar-refractivity contribution in [1.29, 1.82) is 0 Å². The van der Waals surface area contributed by atoms with E-state index in [0.29, 0.717) is 34.8 Å². The van der Waals surface area contributed by atoms with E-state index in [2.05, 4.69) is 39.8 Å². The Balaban J connectivity index is 1.52. The molecule has 0 spiro atoms. The van der Waals surface area contributed by atoms with Crippen molar-refractivity contribution in [1.82, 2.24) is 24.7 Å². The first kappa shape index (κ1) is 23.5. The summed E-state index contributed by atoms with van der Waals surface area (Å²) in [7, 11) is 0. The zero-order valence-electron chi connectivity index (χ0n) is 20.6. The van der Waals surface area contributed by atoms with Crippen LogP contribution < -0.4 is 16.0 Å². The highest BCUT2D eigenvalue weighted by Crippen LogP contribution is 2.28. The highest BCUT2D eigenvalue weighted by molar-refractivity contribution is 5.95. The molecule has 0 radical (unpaired) electrons. The molecule has 0 atom stereocenters. The van der Waals surface area contributed by atoms with Crippen LogP contribution in [0.25, 0.3) is 28.2 Å². The first-order valence-electron chi connectivity index (χ1n) is 12.1. The Morgan fingerprint density at radius 2 is 1.78 bits per heavy atom. The van der Waals surface area contributed by atoms with Crippen molar-refractivity contribution in [2.75, 3.05) is 17.2 Å². The number of aromatic nitrogens is 4. The van der Waals surface area contributed by atoms with Gasteiger partial charge < -0.3 is 16.0 Å². The molecule has 9 heteroatoms. The van der Waals surface area contributed by atoms with Crippen LogP contribution in [0.5, 0.6) is 0 Å². The maximum Gasteiger partial charge on any atom is 0.251 e. The van der Waals surface area contributed by atoms with E-state index in [0.717, 1.165) is 41.9 Å². The van der Waals surface area contributed by atoms with Gasteiger partial charge in [0.15, 0.2) is 11.5 Å². The highest BCUT2D eigenvalue weighted by Gasteiger charge is 2.23. The summed E-state index contributed by atoms with van der Waals surface area (Å²) >= 11 is 0. The molecular formula is C27H29N7O2. The van der Waals surface area contributed by atoms with Gasteiger partial charge in [-0.3, -0.25) is 14.0 Å². The normalized spacial score (nSPS) is 13.1. The van der Waals surface area contributed by atoms with Gasteiger partial charge in [-0.2, -0.15) is 0 Å². The summed E-state index contributed by atoms with van der Waals surface area (Å²) < 4.78 is 2.01. The van der Waals surface area contributed by atoms with Gasteiger partial charge in [-0.15, -0.1) is 0 Å². The molecule has 0 unspecified atom stereocenters. The first-order chi connectivity index (χ1) is 17.4. The summed E-state index contributed by atoms with van der Waals surface area (Å²) in [5.41, 5.74) is 4.72. The molecular weight excluding hydrogens is 454 g/mol. The molecule has 2 amide bonds. The molecule has 36 heavy (non-hydrogen) atoms. The number of pyridine rings is 1. The fourth-order valence-corrected chi connectivity index (χ4v) is 3.85. The van der Waals surface area contributed by atoms with Crippen LogP contribution >= 0.6 is 0 Å². The number of nitrogens with one attached hydrogen (secondary N) is 3. The van der Waals surface area contributed by atoms with Crippen LogP contribution in [-0.2, 0) is 4.79 Å². The summed E-state index contributed by atoms with van der Waals surface area (Å²) in [5, 5.41) is 9.13. The molecule has 1 aromatic carbocycles. The van der Waals surface area contributed by atoms with Gasteiger partial charge in [-0.25, -0.2) is 15.0 Å². The number of hydrogen-bond acceptors (Lipinski definition) is 6. The van der Waals surface area contributed by atoms with Crippen LogP contribution in [0.15, 0.2) is 55.0 Å². The number of fused-ring (bicyclic) bond motifs is 1. The molecule has 9 nitrogen and oxygen atoms in total. The van der Waals surface area contributed by atoms with E-state index >= 15 is 0 Å². The number of carbonyl (C=O) groups excluding carboxylic acids is 2. The smallest absolute Gasteiger partial charge is 0.251 e. The zero-order chi connectivity index (χ0) is 25.2. The molecule has 184 valence electrons. The monoisotopic (exact) mass is 483 g/mol. The molecule has 0 bridgehead atoms. The Hall–Kier alpha value is -4.27. The van der Waals surface area contributed by atoms with E-state index in [1.54, 1.807) is 12.3 Å². The summed E-state index contributed by atoms with van der Waals surface area (Å²) in [6, 6.07) is 11.5. The number of hydrogen-bond donors (Lipinski definition) is 3. The van der Waals surface area contributed by atoms with Gasteiger partial charge in [0.05, 0.1) is 17.6 Å². The van der Waals surface area contributed by atoms with Gasteiger partial charge in [0.25, 0.3) is 5.91 Å². The molecule has 5 rings (SSSR count). The Morgan fingerprint density at radius 1 is 1.03 bits per heavy atom. The number of carbonyl (C=O) groups is 2. The average Bonchev–Trinajstić information content (AvgIpc) is 3.57. The third-order valence-electron chi connectivity index (χ3n) is 5.89. The van der Waals surface area contributed by atoms with Crippen molar-refractivity contribution in [2.45, 2.75) is 39.7 Å². The van der Waals surface area contributed by atoms with E-state index in [1.165, 1.54) is 6.92 Å². The van der Waals surface area contributed by atoms with Crippen LogP contribution in [-0.4, -0.2) is 43.8 Å². The van der Waals surface area contributed by atoms with E-state index in [1.807, 2.05) is 47.1 Å². The van der Waals surface area contributed by atoms with Gasteiger partial charge in [0.2, 0.25) is 5.91 Å². The number of rotatable bonds is 8. The van der Waals surface area contributed by atoms with Crippen LogP contribution in [0.1, 0.15) is 44.0 Å². The van der Waals surface area contributed by atoms with Crippen LogP contribution in [0, 0.1) is 5.92 Å². The quantitative estimate of drug-likeness (QED) is 0.343. The molecule has 1 saturated carbocycles. The Bertz CT molecular complexity index is 1400. The molecule has 1 fully saturated rings. The van der Waals surface area contributed by atoms with Gasteiger partial charge in [-0.05, 0) is 43.0 Å². The summed E-state index contributed by atoms with van der Waals surface area (Å²) in [4.78, 5) is 37.6. The van der Waals surface area contributed by atoms with Crippen LogP contribution in [0.4, 0.5) is 11.6 Å². The second-order valence-corrected chi connectivity index (χ2v) is 9.52. The second-order valence-electron chi connectivity index (χ2n) is 9.52. The summed E-state index contributed by atoms with van der Waals surface area (Å²) in [5.74, 6) is 1.38. The highest BCUT2D eigenvalue weighted by atomic mass is 16.2. The topological polar surface area (TPSA) is 113 Å². The fourth-order valence-electron chi connectivity index (χ4n) is 3.85. The minimum Gasteiger partial charge on any atom is -0.367 e. The predicted octanol–water partition coefficient (Wildman–Crippen LogP) is 4.38. The molecule has 4 aromatic rings. The third kappa shape index (κ3) is 5.19. The van der Waals surface area contributed by atoms with Crippen LogP contribution in [0.2, 0.25) is 0 Å². The lowest BCUT2D eigenvalue weighted by molar-refractivity contribution is -0.114. The van der Waals surface area contributed by atoms with Crippen molar-refractivity contribution in [2.24, 2.45) is 5.92 Å². The largest absolute Gasteiger partial charge is 0.367 e. The van der Waals surface area contributed by atoms with Gasteiger partial charge in [0, 0.05) is 48.6 Å². The lowest BCUT2D eigenvalue weighted by Gasteiger charge is -2.13. The van der Waals surface area contributed by atoms with E-state index in [-0.39, 0.29) is 11.8 Å². The number of imidazole rings is 1. The maximum absolute atomic E-state index is 12.4. The molecule has 3 N–H and O–H groups in total. The minimum atomic E-state index is -0.172. The number of benzene rings is 1. The Kier molecular flexibility index (Phi) is 6.37. The average molecular weight is 484 g/mol. The maximum atomic E-state index is 12.4. The van der Waals surface area contributed by atoms with Crippen molar-refractivity contribution in [3.05, 3.63) is 60.6 Å². The van der Waals surface area contributed by atoms with Gasteiger partial charge >= 0.3 is 0 Å². The fraction of sp³-hybridized carbons (Fsp3) is 0.296. The molecule has 3 aromatic heterocycles. The second kappa shape index (κ2) is 9.77. The minimum absolute atomic E-state index is 0.0379. The lowest BCUT2D eigenvalue weighted by atomic mass is 10.1. The number of anilines is 2. The molecule has 1 aliphatic carbocycles. The van der Waals surface area contributed by atoms with E-state index in [9.17, 15) is 9.59 Å². The standard InChI is InChI=1S/C27H29N7O2/c1-16(2)12-29-25-26-30-14-23(18-4-6-19(7-5-18)27(36)32-21-9-10-21)34(26)15-22(33-25)20-8-11-24(28-13-20)31-17(3)35/h4-8,11,13-16,21H,9-10,12H2,1-3H3,(H,29,33)(H,32,36)(H,28,31,35). The van der Waals surface area contributed by atoms with Crippen molar-refractivity contribution < 1.29 is 9.59 Å². The van der Waals surface area contributed by atoms with Gasteiger partial charge in [0.1, 0.15) is 5.82 Å². The molecule has 1 aliphatic rings. The van der Waals surface area contributed by atoms with E-state index < -0.39 is 0 Å². The van der Waals surface area contributed by atoms with Crippen molar-refractivity contribution in [3.8, 4) is 22.5 Å². The SMILES string of the molecule is CC(=O)Nc1ccc(-c2cn3c(-c4ccc(C(=O)NC5CC5)cc4)cnc3c(NCC(C)C)n2)cn1. The molecule has 0 saturated heterocycles. The number of nitrogens with zero attached hydrogens (tertiary/aromatic N) is 4. The Morgan fingerprint density at radius 3 is 2.42 bits per heavy atom. The predicted molar refractivity (Wildman–Crippen MR) is 140 cm³/mol. The summed E-state index contributed by atoms with van der Waals surface area (Å²) in [6.45, 7) is 6.47. The third-order valence-corrected chi connectivity index (χ3v) is 5.89. The lowest BCUT2D eigenvalue weighted by Crippen LogP contribution is -2.25. The zero-order valence-corrected chi connectivity index (χ0v) is 20.6. The van der Waals surface area contributed by atoms with Gasteiger partial charge in [-0.1, -0.05) is 26.0 Å². The van der Waals surface area contributed by atoms with E-state index in [4.69, 9.17) is 4.98 Å². The van der Waals surface area contributed by atoms with Crippen molar-refractivity contribution >= 4 is 29.1 Å². The van der Waals surface area contributed by atoms with Crippen molar-refractivity contribution in [3.63, 3.8) is 0 Å². The number of amides is 2. The molecule has 3 heterocycles. The summed E-state index contributed by atoms with van der Waals surface area (Å²) in [6.07, 6.45) is 7.55. The first-order valence-corrected chi connectivity index (χ1v) is 12.1. The van der Waals surface area contributed by atoms with Crippen LogP contribution in [0.3, 0.4) is 0 Å². The molecule has 0 aliphatic heterocycles.